The van der Waals surface area contributed by atoms with Gasteiger partial charge in [-0.3, -0.25) is 4.79 Å². The normalized spacial score (nSPS) is 27.7. The summed E-state index contributed by atoms with van der Waals surface area (Å²) in [4.78, 5) is 11.5. The number of carbonyl (C=O) groups excluding carboxylic acids is 1. The Bertz CT molecular complexity index is 446. The van der Waals surface area contributed by atoms with Gasteiger partial charge in [0, 0.05) is 17.0 Å². The van der Waals surface area contributed by atoms with Gasteiger partial charge in [-0.2, -0.15) is 0 Å². The Morgan fingerprint density at radius 1 is 1.50 bits per heavy atom. The molecule has 0 radical (unpaired) electrons. The third kappa shape index (κ3) is 0.932. The molecule has 72 valence electrons. The molecule has 1 heterocycles. The van der Waals surface area contributed by atoms with Crippen LogP contribution in [0.4, 0.5) is 4.39 Å². The zero-order valence-corrected chi connectivity index (χ0v) is 7.94. The maximum Gasteiger partial charge on any atom is 0.254 e. The number of halogens is 2. The van der Waals surface area contributed by atoms with Gasteiger partial charge < -0.3 is 5.32 Å². The van der Waals surface area contributed by atoms with Crippen molar-refractivity contribution in [3.8, 4) is 0 Å². The van der Waals surface area contributed by atoms with Gasteiger partial charge in [0.25, 0.3) is 5.91 Å². The van der Waals surface area contributed by atoms with E-state index < -0.39 is 5.82 Å². The van der Waals surface area contributed by atoms with Gasteiger partial charge in [-0.15, -0.1) is 0 Å². The number of fused-ring (bicyclic) bond motifs is 3. The van der Waals surface area contributed by atoms with Crippen molar-refractivity contribution < 1.29 is 9.18 Å². The van der Waals surface area contributed by atoms with Crippen LogP contribution in [0.2, 0.25) is 5.02 Å². The highest BCUT2D eigenvalue weighted by molar-refractivity contribution is 6.32. The number of nitrogens with one attached hydrogen (secondary N) is 1. The van der Waals surface area contributed by atoms with Crippen LogP contribution in [-0.2, 0) is 0 Å². The van der Waals surface area contributed by atoms with Gasteiger partial charge in [-0.05, 0) is 24.1 Å². The molecule has 2 aliphatic rings. The molecular formula is C10H7ClFNO. The topological polar surface area (TPSA) is 29.1 Å². The molecule has 1 aromatic carbocycles. The minimum Gasteiger partial charge on any atom is -0.349 e. The molecular weight excluding hydrogens is 205 g/mol. The lowest BCUT2D eigenvalue weighted by Gasteiger charge is -2.17. The van der Waals surface area contributed by atoms with Crippen LogP contribution in [-0.4, -0.2) is 11.9 Å². The fourth-order valence-corrected chi connectivity index (χ4v) is 2.37. The second-order valence-corrected chi connectivity index (χ2v) is 4.15. The average molecular weight is 212 g/mol. The van der Waals surface area contributed by atoms with Crippen LogP contribution >= 0.6 is 11.6 Å². The third-order valence-corrected chi connectivity index (χ3v) is 3.18. The summed E-state index contributed by atoms with van der Waals surface area (Å²) < 4.78 is 13.4. The predicted molar refractivity (Wildman–Crippen MR) is 50.0 cm³/mol. The molecule has 2 unspecified atom stereocenters. The highest BCUT2D eigenvalue weighted by Crippen LogP contribution is 2.48. The van der Waals surface area contributed by atoms with Crippen molar-refractivity contribution in [2.24, 2.45) is 0 Å². The highest BCUT2D eigenvalue weighted by Gasteiger charge is 2.47. The van der Waals surface area contributed by atoms with Crippen molar-refractivity contribution in [2.75, 3.05) is 0 Å². The van der Waals surface area contributed by atoms with Crippen molar-refractivity contribution in [3.63, 3.8) is 0 Å². The maximum atomic E-state index is 13.4. The monoisotopic (exact) mass is 211 g/mol. The Hall–Kier alpha value is -1.09. The summed E-state index contributed by atoms with van der Waals surface area (Å²) in [5, 5.41) is 3.24. The van der Waals surface area contributed by atoms with Crippen molar-refractivity contribution >= 4 is 17.5 Å². The summed E-state index contributed by atoms with van der Waals surface area (Å²) in [5.41, 5.74) is 0.830. The second-order valence-electron chi connectivity index (χ2n) is 3.74. The van der Waals surface area contributed by atoms with E-state index in [1.165, 1.54) is 12.1 Å². The lowest BCUT2D eigenvalue weighted by molar-refractivity contribution is 0.0939. The fourth-order valence-electron chi connectivity index (χ4n) is 2.07. The first-order valence-electron chi connectivity index (χ1n) is 4.47. The van der Waals surface area contributed by atoms with Crippen LogP contribution in [0.15, 0.2) is 12.1 Å². The van der Waals surface area contributed by atoms with Gasteiger partial charge in [-0.1, -0.05) is 11.6 Å². The van der Waals surface area contributed by atoms with Gasteiger partial charge in [0.15, 0.2) is 0 Å². The van der Waals surface area contributed by atoms with E-state index in [0.717, 1.165) is 6.42 Å². The number of rotatable bonds is 0. The molecule has 4 heteroatoms. The minimum atomic E-state index is -0.479. The van der Waals surface area contributed by atoms with E-state index in [1.54, 1.807) is 0 Å². The largest absolute Gasteiger partial charge is 0.349 e. The number of benzene rings is 1. The lowest BCUT2D eigenvalue weighted by Crippen LogP contribution is -2.32. The van der Waals surface area contributed by atoms with E-state index in [2.05, 4.69) is 5.32 Å². The van der Waals surface area contributed by atoms with Crippen LogP contribution in [0.25, 0.3) is 0 Å². The Kier molecular flexibility index (Phi) is 1.46. The van der Waals surface area contributed by atoms with E-state index in [4.69, 9.17) is 11.6 Å². The molecule has 0 saturated heterocycles. The van der Waals surface area contributed by atoms with Crippen LogP contribution < -0.4 is 5.32 Å². The summed E-state index contributed by atoms with van der Waals surface area (Å²) in [6.45, 7) is 0. The molecule has 1 saturated carbocycles. The van der Waals surface area contributed by atoms with Gasteiger partial charge in [0.05, 0.1) is 5.56 Å². The molecule has 1 aliphatic carbocycles. The molecule has 3 rings (SSSR count). The first kappa shape index (κ1) is 8.24. The zero-order valence-electron chi connectivity index (χ0n) is 7.18. The Morgan fingerprint density at radius 2 is 2.29 bits per heavy atom. The van der Waals surface area contributed by atoms with Crippen molar-refractivity contribution in [3.05, 3.63) is 34.1 Å². The molecule has 1 aliphatic heterocycles. The van der Waals surface area contributed by atoms with E-state index >= 15 is 0 Å². The van der Waals surface area contributed by atoms with Gasteiger partial charge >= 0.3 is 0 Å². The van der Waals surface area contributed by atoms with Gasteiger partial charge in [0.1, 0.15) is 5.82 Å². The Labute approximate surface area is 85.1 Å². The molecule has 1 aromatic rings. The van der Waals surface area contributed by atoms with Crippen molar-refractivity contribution in [1.29, 1.82) is 0 Å². The molecule has 0 spiro atoms. The Morgan fingerprint density at radius 3 is 3.07 bits per heavy atom. The molecule has 2 atom stereocenters. The van der Waals surface area contributed by atoms with Crippen LogP contribution in [0.3, 0.4) is 0 Å². The molecule has 0 bridgehead atoms. The molecule has 0 aromatic heterocycles. The molecule has 1 N–H and O–H groups in total. The number of hydrogen-bond acceptors (Lipinski definition) is 1. The zero-order chi connectivity index (χ0) is 9.87. The quantitative estimate of drug-likeness (QED) is 0.700. The SMILES string of the molecule is O=C1NC2CC2c2c(Cl)ccc(F)c21. The highest BCUT2D eigenvalue weighted by atomic mass is 35.5. The summed E-state index contributed by atoms with van der Waals surface area (Å²) in [5.74, 6) is -0.586. The summed E-state index contributed by atoms with van der Waals surface area (Å²) >= 11 is 5.95. The van der Waals surface area contributed by atoms with E-state index in [-0.39, 0.29) is 23.4 Å². The lowest BCUT2D eigenvalue weighted by atomic mass is 9.99. The first-order valence-corrected chi connectivity index (χ1v) is 4.85. The predicted octanol–water partition coefficient (Wildman–Crippen LogP) is 2.08. The maximum absolute atomic E-state index is 13.4. The van der Waals surface area contributed by atoms with E-state index in [1.807, 2.05) is 0 Å². The van der Waals surface area contributed by atoms with Crippen LogP contribution in [0.1, 0.15) is 28.3 Å². The summed E-state index contributed by atoms with van der Waals surface area (Å²) in [7, 11) is 0. The van der Waals surface area contributed by atoms with E-state index in [0.29, 0.717) is 10.6 Å². The molecule has 1 amide bonds. The van der Waals surface area contributed by atoms with Gasteiger partial charge in [0.2, 0.25) is 0 Å². The third-order valence-electron chi connectivity index (χ3n) is 2.85. The first-order chi connectivity index (χ1) is 6.68. The molecule has 2 nitrogen and oxygen atoms in total. The molecule has 1 fully saturated rings. The Balaban J connectivity index is 2.30. The summed E-state index contributed by atoms with van der Waals surface area (Å²) in [6.07, 6.45) is 0.877. The molecule has 14 heavy (non-hydrogen) atoms. The van der Waals surface area contributed by atoms with Crippen molar-refractivity contribution in [2.45, 2.75) is 18.4 Å². The smallest absolute Gasteiger partial charge is 0.254 e. The van der Waals surface area contributed by atoms with Crippen molar-refractivity contribution in [1.82, 2.24) is 5.32 Å². The average Bonchev–Trinajstić information content (AvgIpc) is 2.88. The fraction of sp³-hybridized carbons (Fsp3) is 0.300. The number of carbonyl (C=O) groups is 1. The second kappa shape index (κ2) is 2.48. The van der Waals surface area contributed by atoms with Crippen LogP contribution in [0, 0.1) is 5.82 Å². The summed E-state index contributed by atoms with van der Waals surface area (Å²) in [6, 6.07) is 2.93. The van der Waals surface area contributed by atoms with Crippen LogP contribution in [0.5, 0.6) is 0 Å². The van der Waals surface area contributed by atoms with E-state index in [9.17, 15) is 9.18 Å². The number of hydrogen-bond donors (Lipinski definition) is 1. The number of amides is 1. The minimum absolute atomic E-state index is 0.135. The standard InChI is InChI=1S/C10H7ClFNO/c11-5-1-2-6(12)9-8(5)4-3-7(4)13-10(9)14/h1-2,4,7H,3H2,(H,13,14). The van der Waals surface area contributed by atoms with Gasteiger partial charge in [-0.25, -0.2) is 4.39 Å².